The second kappa shape index (κ2) is 8.74. The standard InChI is InChI=1S/C23H32N2O5/c1-12-7-6-8-18(13(12)2)25-10-17(9-20(25)28)23(29)30-11-19(27)22-14(3)21(16(5)26)15(4)24-22/h12-13,17-18,24H,6-11H2,1-5H3/t12-,13-,17-,18+/m0/s1. The molecule has 3 rings (SSSR count). The SMILES string of the molecule is CC(=O)c1c(C)[nH]c(C(=O)COC(=O)[C@H]2CC(=O)N([C@@H]3CCC[C@H](C)[C@@H]3C)C2)c1C. The van der Waals surface area contributed by atoms with Crippen molar-refractivity contribution in [3.63, 3.8) is 0 Å². The van der Waals surface area contributed by atoms with Crippen molar-refractivity contribution in [1.82, 2.24) is 9.88 Å². The summed E-state index contributed by atoms with van der Waals surface area (Å²) in [6.45, 7) is 9.25. The van der Waals surface area contributed by atoms with Crippen molar-refractivity contribution in [2.45, 2.75) is 66.3 Å². The zero-order chi connectivity index (χ0) is 22.2. The van der Waals surface area contributed by atoms with Crippen molar-refractivity contribution in [3.8, 4) is 0 Å². The molecule has 1 N–H and O–H groups in total. The molecule has 1 aromatic heterocycles. The molecule has 7 nitrogen and oxygen atoms in total. The lowest BCUT2D eigenvalue weighted by Gasteiger charge is -2.39. The molecule has 1 saturated carbocycles. The highest BCUT2D eigenvalue weighted by molar-refractivity contribution is 6.04. The Morgan fingerprint density at radius 3 is 2.50 bits per heavy atom. The van der Waals surface area contributed by atoms with Crippen LogP contribution < -0.4 is 0 Å². The first-order valence-electron chi connectivity index (χ1n) is 10.8. The van der Waals surface area contributed by atoms with Gasteiger partial charge in [0.15, 0.2) is 12.4 Å². The van der Waals surface area contributed by atoms with Crippen LogP contribution in [0.15, 0.2) is 0 Å². The van der Waals surface area contributed by atoms with Gasteiger partial charge in [-0.3, -0.25) is 19.2 Å². The molecule has 1 saturated heterocycles. The number of ether oxygens (including phenoxy) is 1. The molecule has 7 heteroatoms. The highest BCUT2D eigenvalue weighted by Crippen LogP contribution is 2.36. The minimum Gasteiger partial charge on any atom is -0.457 e. The summed E-state index contributed by atoms with van der Waals surface area (Å²) in [5.41, 5.74) is 1.99. The Balaban J connectivity index is 1.59. The molecule has 0 radical (unpaired) electrons. The molecule has 0 bridgehead atoms. The molecular weight excluding hydrogens is 384 g/mol. The number of nitrogens with zero attached hydrogens (tertiary/aromatic N) is 1. The molecule has 2 fully saturated rings. The Morgan fingerprint density at radius 1 is 1.17 bits per heavy atom. The molecule has 1 aromatic rings. The third-order valence-corrected chi connectivity index (χ3v) is 6.97. The fourth-order valence-corrected chi connectivity index (χ4v) is 5.09. The van der Waals surface area contributed by atoms with Crippen LogP contribution in [0.4, 0.5) is 0 Å². The van der Waals surface area contributed by atoms with E-state index >= 15 is 0 Å². The number of likely N-dealkylation sites (tertiary alicyclic amines) is 1. The number of rotatable bonds is 6. The fourth-order valence-electron chi connectivity index (χ4n) is 5.09. The van der Waals surface area contributed by atoms with Gasteiger partial charge in [0.25, 0.3) is 0 Å². The number of aromatic amines is 1. The van der Waals surface area contributed by atoms with E-state index in [0.717, 1.165) is 12.8 Å². The van der Waals surface area contributed by atoms with Crippen LogP contribution >= 0.6 is 0 Å². The Bertz CT molecular complexity index is 871. The van der Waals surface area contributed by atoms with Gasteiger partial charge in [-0.05, 0) is 44.6 Å². The van der Waals surface area contributed by atoms with Crippen molar-refractivity contribution < 1.29 is 23.9 Å². The highest BCUT2D eigenvalue weighted by atomic mass is 16.5. The second-order valence-electron chi connectivity index (χ2n) is 8.99. The molecule has 0 unspecified atom stereocenters. The Morgan fingerprint density at radius 2 is 1.87 bits per heavy atom. The molecular formula is C23H32N2O5. The molecule has 164 valence electrons. The zero-order valence-corrected chi connectivity index (χ0v) is 18.5. The van der Waals surface area contributed by atoms with Crippen LogP contribution in [0.25, 0.3) is 0 Å². The zero-order valence-electron chi connectivity index (χ0n) is 18.5. The number of nitrogens with one attached hydrogen (secondary N) is 1. The van der Waals surface area contributed by atoms with Crippen LogP contribution in [0.1, 0.15) is 78.6 Å². The summed E-state index contributed by atoms with van der Waals surface area (Å²) in [4.78, 5) is 54.2. The normalized spacial score (nSPS) is 26.7. The lowest BCUT2D eigenvalue weighted by Crippen LogP contribution is -2.45. The van der Waals surface area contributed by atoms with Gasteiger partial charge in [0, 0.05) is 30.3 Å². The Labute approximate surface area is 177 Å². The summed E-state index contributed by atoms with van der Waals surface area (Å²) < 4.78 is 5.27. The number of H-pyrrole nitrogens is 1. The van der Waals surface area contributed by atoms with Crippen molar-refractivity contribution in [3.05, 3.63) is 22.5 Å². The number of ketones is 2. The van der Waals surface area contributed by atoms with Gasteiger partial charge < -0.3 is 14.6 Å². The van der Waals surface area contributed by atoms with E-state index in [-0.39, 0.29) is 29.9 Å². The van der Waals surface area contributed by atoms with Gasteiger partial charge in [-0.1, -0.05) is 26.7 Å². The summed E-state index contributed by atoms with van der Waals surface area (Å²) in [5, 5.41) is 0. The van der Waals surface area contributed by atoms with Crippen LogP contribution in [0, 0.1) is 31.6 Å². The molecule has 4 atom stereocenters. The summed E-state index contributed by atoms with van der Waals surface area (Å²) in [7, 11) is 0. The number of esters is 1. The molecule has 1 amide bonds. The quantitative estimate of drug-likeness (QED) is 0.567. The predicted molar refractivity (Wildman–Crippen MR) is 111 cm³/mol. The topological polar surface area (TPSA) is 96.5 Å². The van der Waals surface area contributed by atoms with E-state index in [4.69, 9.17) is 4.74 Å². The summed E-state index contributed by atoms with van der Waals surface area (Å²) in [5.74, 6) is -0.574. The summed E-state index contributed by atoms with van der Waals surface area (Å²) >= 11 is 0. The average molecular weight is 417 g/mol. The van der Waals surface area contributed by atoms with E-state index in [1.165, 1.54) is 13.3 Å². The van der Waals surface area contributed by atoms with Gasteiger partial charge >= 0.3 is 5.97 Å². The van der Waals surface area contributed by atoms with Gasteiger partial charge in [0.05, 0.1) is 11.6 Å². The molecule has 1 aliphatic carbocycles. The van der Waals surface area contributed by atoms with Gasteiger partial charge in [-0.2, -0.15) is 0 Å². The van der Waals surface area contributed by atoms with Gasteiger partial charge in [0.1, 0.15) is 0 Å². The Kier molecular flexibility index (Phi) is 6.48. The average Bonchev–Trinajstić information content (AvgIpc) is 3.21. The van der Waals surface area contributed by atoms with E-state index in [2.05, 4.69) is 18.8 Å². The number of aryl methyl sites for hydroxylation is 1. The van der Waals surface area contributed by atoms with E-state index < -0.39 is 18.5 Å². The van der Waals surface area contributed by atoms with E-state index in [1.54, 1.807) is 13.8 Å². The van der Waals surface area contributed by atoms with E-state index in [9.17, 15) is 19.2 Å². The second-order valence-corrected chi connectivity index (χ2v) is 8.99. The number of hydrogen-bond donors (Lipinski definition) is 1. The van der Waals surface area contributed by atoms with Crippen LogP contribution in [0.3, 0.4) is 0 Å². The van der Waals surface area contributed by atoms with Gasteiger partial charge in [0.2, 0.25) is 11.7 Å². The molecule has 1 aliphatic heterocycles. The minimum atomic E-state index is -0.533. The highest BCUT2D eigenvalue weighted by Gasteiger charge is 2.42. The Hall–Kier alpha value is -2.44. The lowest BCUT2D eigenvalue weighted by atomic mass is 9.77. The van der Waals surface area contributed by atoms with Gasteiger partial charge in [-0.15, -0.1) is 0 Å². The maximum absolute atomic E-state index is 12.6. The largest absolute Gasteiger partial charge is 0.457 e. The smallest absolute Gasteiger partial charge is 0.311 e. The maximum Gasteiger partial charge on any atom is 0.311 e. The summed E-state index contributed by atoms with van der Waals surface area (Å²) in [6.07, 6.45) is 3.39. The third kappa shape index (κ3) is 4.20. The number of carbonyl (C=O) groups excluding carboxylic acids is 4. The predicted octanol–water partition coefficient (Wildman–Crippen LogP) is 3.23. The van der Waals surface area contributed by atoms with Crippen LogP contribution in [-0.4, -0.2) is 52.5 Å². The molecule has 0 aromatic carbocycles. The van der Waals surface area contributed by atoms with Crippen molar-refractivity contribution in [1.29, 1.82) is 0 Å². The van der Waals surface area contributed by atoms with Gasteiger partial charge in [-0.25, -0.2) is 0 Å². The van der Waals surface area contributed by atoms with E-state index in [1.807, 2.05) is 4.90 Å². The fraction of sp³-hybridized carbons (Fsp3) is 0.652. The number of hydrogen-bond acceptors (Lipinski definition) is 5. The minimum absolute atomic E-state index is 0.00355. The molecule has 0 spiro atoms. The third-order valence-electron chi connectivity index (χ3n) is 6.97. The van der Waals surface area contributed by atoms with Crippen molar-refractivity contribution in [2.24, 2.45) is 17.8 Å². The van der Waals surface area contributed by atoms with Crippen molar-refractivity contribution in [2.75, 3.05) is 13.2 Å². The number of Topliss-reactive ketones (excluding diaryl/α,β-unsaturated/α-hetero) is 2. The van der Waals surface area contributed by atoms with Crippen LogP contribution in [-0.2, 0) is 14.3 Å². The molecule has 30 heavy (non-hydrogen) atoms. The van der Waals surface area contributed by atoms with Crippen LogP contribution in [0.5, 0.6) is 0 Å². The van der Waals surface area contributed by atoms with Crippen molar-refractivity contribution >= 4 is 23.4 Å². The first-order chi connectivity index (χ1) is 14.1. The number of carbonyl (C=O) groups is 4. The molecule has 2 aliphatic rings. The maximum atomic E-state index is 12.6. The molecule has 2 heterocycles. The van der Waals surface area contributed by atoms with Crippen LogP contribution in [0.2, 0.25) is 0 Å². The number of aromatic nitrogens is 1. The monoisotopic (exact) mass is 416 g/mol. The first kappa shape index (κ1) is 22.2. The number of amides is 1. The first-order valence-corrected chi connectivity index (χ1v) is 10.8. The summed E-state index contributed by atoms with van der Waals surface area (Å²) in [6, 6.07) is 0.176. The van der Waals surface area contributed by atoms with E-state index in [0.29, 0.717) is 40.9 Å². The lowest BCUT2D eigenvalue weighted by molar-refractivity contribution is -0.147.